The van der Waals surface area contributed by atoms with E-state index in [4.69, 9.17) is 19.3 Å². The van der Waals surface area contributed by atoms with E-state index in [1.54, 1.807) is 43.3 Å². The fraction of sp³-hybridized carbons (Fsp3) is 0.190. The van der Waals surface area contributed by atoms with Gasteiger partial charge in [0.25, 0.3) is 0 Å². The van der Waals surface area contributed by atoms with Gasteiger partial charge < -0.3 is 13.9 Å². The van der Waals surface area contributed by atoms with E-state index in [1.807, 2.05) is 12.1 Å². The van der Waals surface area contributed by atoms with Crippen LogP contribution in [0.4, 0.5) is 0 Å². The molecule has 0 spiro atoms. The molecule has 0 aliphatic carbocycles. The molecule has 1 aliphatic rings. The van der Waals surface area contributed by atoms with Crippen LogP contribution in [0.2, 0.25) is 0 Å². The van der Waals surface area contributed by atoms with Gasteiger partial charge in [-0.15, -0.1) is 0 Å². The number of hydrogen-bond donors (Lipinski definition) is 1. The topological polar surface area (TPSA) is 89.6 Å². The number of hydrogen-bond acceptors (Lipinski definition) is 6. The van der Waals surface area contributed by atoms with Crippen molar-refractivity contribution in [3.05, 3.63) is 74.6 Å². The molecule has 1 aliphatic heterocycles. The van der Waals surface area contributed by atoms with Crippen LogP contribution in [0.5, 0.6) is 5.75 Å². The first-order valence-electron chi connectivity index (χ1n) is 8.75. The number of rotatable bonds is 3. The minimum Gasteiger partial charge on any atom is -0.465 e. The fourth-order valence-electron chi connectivity index (χ4n) is 3.51. The normalized spacial score (nSPS) is 18.4. The van der Waals surface area contributed by atoms with Gasteiger partial charge in [0.15, 0.2) is 5.75 Å². The molecule has 142 valence electrons. The SMILES string of the molecule is CCOC(=O)[C@H]1C(=N)Oc2c(c(=O)oc3ccccc23)[C@@H]1c1ccc(Br)cc1. The molecule has 4 rings (SSSR count). The van der Waals surface area contributed by atoms with Crippen molar-refractivity contribution >= 4 is 38.8 Å². The second-order valence-corrected chi connectivity index (χ2v) is 7.27. The molecule has 28 heavy (non-hydrogen) atoms. The first kappa shape index (κ1) is 18.4. The molecule has 2 heterocycles. The van der Waals surface area contributed by atoms with E-state index in [9.17, 15) is 9.59 Å². The number of esters is 1. The lowest BCUT2D eigenvalue weighted by molar-refractivity contribution is -0.146. The van der Waals surface area contributed by atoms with Gasteiger partial charge in [-0.05, 0) is 36.8 Å². The summed E-state index contributed by atoms with van der Waals surface area (Å²) in [6.45, 7) is 1.85. The predicted octanol–water partition coefficient (Wildman–Crippen LogP) is 4.24. The number of para-hydroxylation sites is 1. The average molecular weight is 442 g/mol. The summed E-state index contributed by atoms with van der Waals surface area (Å²) in [7, 11) is 0. The van der Waals surface area contributed by atoms with Crippen LogP contribution in [0.3, 0.4) is 0 Å². The quantitative estimate of drug-likeness (QED) is 0.484. The second-order valence-electron chi connectivity index (χ2n) is 6.35. The number of carbonyl (C=O) groups is 1. The minimum absolute atomic E-state index is 0.162. The summed E-state index contributed by atoms with van der Waals surface area (Å²) in [6, 6.07) is 14.2. The first-order chi connectivity index (χ1) is 13.5. The van der Waals surface area contributed by atoms with Gasteiger partial charge in [0.2, 0.25) is 5.90 Å². The molecule has 6 nitrogen and oxygen atoms in total. The van der Waals surface area contributed by atoms with Crippen LogP contribution in [0.25, 0.3) is 11.0 Å². The Morgan fingerprint density at radius 3 is 2.61 bits per heavy atom. The third-order valence-electron chi connectivity index (χ3n) is 4.71. The number of nitrogens with one attached hydrogen (secondary N) is 1. The molecule has 3 aromatic rings. The summed E-state index contributed by atoms with van der Waals surface area (Å²) in [5.74, 6) is -2.43. The molecule has 2 atom stereocenters. The predicted molar refractivity (Wildman–Crippen MR) is 107 cm³/mol. The van der Waals surface area contributed by atoms with Crippen LogP contribution in [-0.4, -0.2) is 18.5 Å². The van der Waals surface area contributed by atoms with E-state index < -0.39 is 23.4 Å². The third kappa shape index (κ3) is 3.01. The van der Waals surface area contributed by atoms with Crippen molar-refractivity contribution in [2.75, 3.05) is 6.61 Å². The van der Waals surface area contributed by atoms with E-state index in [0.717, 1.165) is 4.47 Å². The summed E-state index contributed by atoms with van der Waals surface area (Å²) >= 11 is 3.39. The van der Waals surface area contributed by atoms with Gasteiger partial charge in [-0.3, -0.25) is 10.2 Å². The Labute approximate surface area is 168 Å². The molecule has 1 aromatic heterocycles. The highest BCUT2D eigenvalue weighted by molar-refractivity contribution is 9.10. The number of carbonyl (C=O) groups excluding carboxylic acids is 1. The second kappa shape index (κ2) is 7.24. The summed E-state index contributed by atoms with van der Waals surface area (Å²) in [5, 5.41) is 8.96. The zero-order chi connectivity index (χ0) is 19.8. The van der Waals surface area contributed by atoms with E-state index >= 15 is 0 Å². The number of benzene rings is 2. The Hall–Kier alpha value is -2.93. The maximum absolute atomic E-state index is 12.9. The Kier molecular flexibility index (Phi) is 4.77. The van der Waals surface area contributed by atoms with Crippen LogP contribution in [0.1, 0.15) is 24.0 Å². The monoisotopic (exact) mass is 441 g/mol. The molecule has 0 amide bonds. The molecule has 0 unspecified atom stereocenters. The molecule has 0 radical (unpaired) electrons. The summed E-state index contributed by atoms with van der Waals surface area (Å²) in [6.07, 6.45) is 0. The molecule has 0 bridgehead atoms. The zero-order valence-corrected chi connectivity index (χ0v) is 16.5. The van der Waals surface area contributed by atoms with Crippen molar-refractivity contribution in [2.45, 2.75) is 12.8 Å². The lowest BCUT2D eigenvalue weighted by Crippen LogP contribution is -2.40. The molecule has 7 heteroatoms. The van der Waals surface area contributed by atoms with E-state index in [1.165, 1.54) is 0 Å². The Morgan fingerprint density at radius 1 is 1.18 bits per heavy atom. The van der Waals surface area contributed by atoms with Gasteiger partial charge in [-0.2, -0.15) is 0 Å². The molecular weight excluding hydrogens is 426 g/mol. The van der Waals surface area contributed by atoms with Crippen LogP contribution in [0.15, 0.2) is 62.2 Å². The molecule has 1 N–H and O–H groups in total. The standard InChI is InChI=1S/C21H16BrNO5/c1-2-26-20(24)17-15(11-7-9-12(22)10-8-11)16-18(28-19(17)23)13-5-3-4-6-14(13)27-21(16)25/h3-10,15,17,23H,2H2,1H3/t15-,17+/m0/s1. The number of fused-ring (bicyclic) bond motifs is 3. The van der Waals surface area contributed by atoms with Crippen LogP contribution in [-0.2, 0) is 9.53 Å². The van der Waals surface area contributed by atoms with Gasteiger partial charge >= 0.3 is 11.6 Å². The van der Waals surface area contributed by atoms with Crippen molar-refractivity contribution in [3.8, 4) is 5.75 Å². The van der Waals surface area contributed by atoms with Crippen LogP contribution in [0, 0.1) is 11.3 Å². The maximum Gasteiger partial charge on any atom is 0.343 e. The first-order valence-corrected chi connectivity index (χ1v) is 9.54. The van der Waals surface area contributed by atoms with E-state index in [-0.39, 0.29) is 23.8 Å². The number of halogens is 1. The highest BCUT2D eigenvalue weighted by atomic mass is 79.9. The fourth-order valence-corrected chi connectivity index (χ4v) is 3.77. The maximum atomic E-state index is 12.9. The molecule has 0 saturated heterocycles. The lowest BCUT2D eigenvalue weighted by Gasteiger charge is -2.32. The Balaban J connectivity index is 2.01. The zero-order valence-electron chi connectivity index (χ0n) is 14.9. The third-order valence-corrected chi connectivity index (χ3v) is 5.24. The van der Waals surface area contributed by atoms with Gasteiger partial charge in [0.05, 0.1) is 17.6 Å². The molecule has 0 saturated carbocycles. The van der Waals surface area contributed by atoms with Gasteiger partial charge in [-0.25, -0.2) is 4.79 Å². The smallest absolute Gasteiger partial charge is 0.343 e. The largest absolute Gasteiger partial charge is 0.465 e. The highest BCUT2D eigenvalue weighted by Crippen LogP contribution is 2.44. The van der Waals surface area contributed by atoms with E-state index in [2.05, 4.69) is 15.9 Å². The van der Waals surface area contributed by atoms with Crippen molar-refractivity contribution < 1.29 is 18.7 Å². The van der Waals surface area contributed by atoms with Crippen LogP contribution >= 0.6 is 15.9 Å². The molecular formula is C21H16BrNO5. The van der Waals surface area contributed by atoms with Crippen LogP contribution < -0.4 is 10.4 Å². The van der Waals surface area contributed by atoms with Crippen molar-refractivity contribution in [1.29, 1.82) is 5.41 Å². The van der Waals surface area contributed by atoms with E-state index in [0.29, 0.717) is 16.5 Å². The van der Waals surface area contributed by atoms with Crippen molar-refractivity contribution in [3.63, 3.8) is 0 Å². The van der Waals surface area contributed by atoms with Gasteiger partial charge in [0, 0.05) is 10.4 Å². The number of ether oxygens (including phenoxy) is 2. The van der Waals surface area contributed by atoms with Gasteiger partial charge in [0.1, 0.15) is 11.5 Å². The minimum atomic E-state index is -1.07. The summed E-state index contributed by atoms with van der Waals surface area (Å²) in [5.41, 5.74) is 0.680. The summed E-state index contributed by atoms with van der Waals surface area (Å²) in [4.78, 5) is 25.5. The molecule has 0 fully saturated rings. The van der Waals surface area contributed by atoms with Gasteiger partial charge in [-0.1, -0.05) is 40.2 Å². The lowest BCUT2D eigenvalue weighted by atomic mass is 9.78. The Bertz CT molecular complexity index is 1140. The molecule has 2 aromatic carbocycles. The Morgan fingerprint density at radius 2 is 1.89 bits per heavy atom. The summed E-state index contributed by atoms with van der Waals surface area (Å²) < 4.78 is 17.2. The van der Waals surface area contributed by atoms with Crippen molar-refractivity contribution in [1.82, 2.24) is 0 Å². The van der Waals surface area contributed by atoms with Crippen molar-refractivity contribution in [2.24, 2.45) is 5.92 Å². The average Bonchev–Trinajstić information content (AvgIpc) is 2.68. The highest BCUT2D eigenvalue weighted by Gasteiger charge is 2.45.